The van der Waals surface area contributed by atoms with Crippen LogP contribution in [0, 0.1) is 0 Å². The van der Waals surface area contributed by atoms with Gasteiger partial charge in [0.15, 0.2) is 6.61 Å². The zero-order valence-corrected chi connectivity index (χ0v) is 14.2. The van der Waals surface area contributed by atoms with E-state index < -0.39 is 0 Å². The highest BCUT2D eigenvalue weighted by molar-refractivity contribution is 6.35. The maximum absolute atomic E-state index is 11.8. The van der Waals surface area contributed by atoms with E-state index in [-0.39, 0.29) is 12.5 Å². The van der Waals surface area contributed by atoms with Crippen LogP contribution in [0.4, 0.5) is 5.95 Å². The SMILES string of the molecule is CN(C)c1nccc(CNC(=O)COc2ccc(Cl)cc2Cl)n1. The summed E-state index contributed by atoms with van der Waals surface area (Å²) in [6, 6.07) is 6.56. The van der Waals surface area contributed by atoms with E-state index in [0.29, 0.717) is 34.0 Å². The molecule has 0 radical (unpaired) electrons. The average Bonchev–Trinajstić information content (AvgIpc) is 2.52. The Morgan fingerprint density at radius 2 is 2.09 bits per heavy atom. The molecule has 0 saturated carbocycles. The van der Waals surface area contributed by atoms with Crippen molar-refractivity contribution in [1.82, 2.24) is 15.3 Å². The first-order chi connectivity index (χ1) is 11.0. The second-order valence-corrected chi connectivity index (χ2v) is 5.73. The maximum Gasteiger partial charge on any atom is 0.258 e. The van der Waals surface area contributed by atoms with Crippen LogP contribution in [0.25, 0.3) is 0 Å². The molecule has 0 spiro atoms. The van der Waals surface area contributed by atoms with Crippen molar-refractivity contribution in [2.45, 2.75) is 6.54 Å². The van der Waals surface area contributed by atoms with Crippen molar-refractivity contribution < 1.29 is 9.53 Å². The van der Waals surface area contributed by atoms with Crippen LogP contribution in [0.15, 0.2) is 30.5 Å². The summed E-state index contributed by atoms with van der Waals surface area (Å²) in [4.78, 5) is 22.0. The van der Waals surface area contributed by atoms with Gasteiger partial charge in [0.1, 0.15) is 5.75 Å². The average molecular weight is 355 g/mol. The van der Waals surface area contributed by atoms with Gasteiger partial charge >= 0.3 is 0 Å². The Bertz CT molecular complexity index is 695. The lowest BCUT2D eigenvalue weighted by molar-refractivity contribution is -0.123. The summed E-state index contributed by atoms with van der Waals surface area (Å²) in [5.74, 6) is 0.713. The predicted octanol–water partition coefficient (Wildman–Crippen LogP) is 2.54. The molecule has 0 bridgehead atoms. The zero-order chi connectivity index (χ0) is 16.8. The van der Waals surface area contributed by atoms with Gasteiger partial charge in [-0.05, 0) is 24.3 Å². The van der Waals surface area contributed by atoms with E-state index in [9.17, 15) is 4.79 Å². The molecule has 0 unspecified atom stereocenters. The van der Waals surface area contributed by atoms with Gasteiger partial charge in [-0.3, -0.25) is 4.79 Å². The highest BCUT2D eigenvalue weighted by Gasteiger charge is 2.07. The Morgan fingerprint density at radius 3 is 2.78 bits per heavy atom. The van der Waals surface area contributed by atoms with E-state index in [1.54, 1.807) is 35.4 Å². The number of amides is 1. The van der Waals surface area contributed by atoms with E-state index >= 15 is 0 Å². The number of halogens is 2. The molecule has 2 rings (SSSR count). The largest absolute Gasteiger partial charge is 0.482 e. The van der Waals surface area contributed by atoms with Crippen LogP contribution in [0.1, 0.15) is 5.69 Å². The summed E-state index contributed by atoms with van der Waals surface area (Å²) < 4.78 is 5.36. The maximum atomic E-state index is 11.8. The highest BCUT2D eigenvalue weighted by atomic mass is 35.5. The Hall–Kier alpha value is -2.05. The van der Waals surface area contributed by atoms with Gasteiger partial charge in [0, 0.05) is 25.3 Å². The summed E-state index contributed by atoms with van der Waals surface area (Å²) >= 11 is 11.8. The van der Waals surface area contributed by atoms with Crippen molar-refractivity contribution in [3.63, 3.8) is 0 Å². The number of anilines is 1. The normalized spacial score (nSPS) is 10.3. The van der Waals surface area contributed by atoms with Gasteiger partial charge in [0.25, 0.3) is 5.91 Å². The molecule has 8 heteroatoms. The lowest BCUT2D eigenvalue weighted by atomic mass is 10.3. The Balaban J connectivity index is 1.84. The number of ether oxygens (including phenoxy) is 1. The number of benzene rings is 1. The Morgan fingerprint density at radius 1 is 1.30 bits per heavy atom. The fourth-order valence-electron chi connectivity index (χ4n) is 1.67. The smallest absolute Gasteiger partial charge is 0.258 e. The number of nitrogens with one attached hydrogen (secondary N) is 1. The van der Waals surface area contributed by atoms with E-state index in [1.165, 1.54) is 0 Å². The van der Waals surface area contributed by atoms with E-state index in [0.717, 1.165) is 0 Å². The molecule has 0 aliphatic heterocycles. The molecule has 1 aromatic heterocycles. The van der Waals surface area contributed by atoms with E-state index in [2.05, 4.69) is 15.3 Å². The molecule has 1 N–H and O–H groups in total. The van der Waals surface area contributed by atoms with E-state index in [4.69, 9.17) is 27.9 Å². The first-order valence-corrected chi connectivity index (χ1v) is 7.55. The van der Waals surface area contributed by atoms with Crippen molar-refractivity contribution >= 4 is 35.1 Å². The molecular formula is C15H16Cl2N4O2. The van der Waals surface area contributed by atoms with E-state index in [1.807, 2.05) is 14.1 Å². The molecule has 0 aliphatic carbocycles. The standard InChI is InChI=1S/C15H16Cl2N4O2/c1-21(2)15-18-6-5-11(20-15)8-19-14(22)9-23-13-4-3-10(16)7-12(13)17/h3-7H,8-9H2,1-2H3,(H,19,22). The quantitative estimate of drug-likeness (QED) is 0.863. The van der Waals surface area contributed by atoms with Crippen molar-refractivity contribution in [3.05, 3.63) is 46.2 Å². The number of rotatable bonds is 6. The van der Waals surface area contributed by atoms with Crippen LogP contribution in [0.3, 0.4) is 0 Å². The van der Waals surface area contributed by atoms with Gasteiger partial charge in [-0.2, -0.15) is 0 Å². The molecule has 2 aromatic rings. The minimum absolute atomic E-state index is 0.146. The third-order valence-electron chi connectivity index (χ3n) is 2.82. The van der Waals surface area contributed by atoms with Gasteiger partial charge in [0.2, 0.25) is 5.95 Å². The third-order valence-corrected chi connectivity index (χ3v) is 3.35. The Kier molecular flexibility index (Phi) is 6.01. The molecule has 1 aromatic carbocycles. The second-order valence-electron chi connectivity index (χ2n) is 4.88. The first kappa shape index (κ1) is 17.3. The lowest BCUT2D eigenvalue weighted by Gasteiger charge is -2.11. The molecule has 1 heterocycles. The Labute approximate surface area is 144 Å². The van der Waals surface area contributed by atoms with Gasteiger partial charge in [-0.15, -0.1) is 0 Å². The van der Waals surface area contributed by atoms with Crippen LogP contribution in [-0.2, 0) is 11.3 Å². The summed E-state index contributed by atoms with van der Waals surface area (Å²) in [6.45, 7) is 0.146. The molecule has 6 nitrogen and oxygen atoms in total. The van der Waals surface area contributed by atoms with Crippen molar-refractivity contribution in [3.8, 4) is 5.75 Å². The second kappa shape index (κ2) is 7.99. The van der Waals surface area contributed by atoms with Gasteiger partial charge in [0.05, 0.1) is 17.3 Å². The highest BCUT2D eigenvalue weighted by Crippen LogP contribution is 2.27. The zero-order valence-electron chi connectivity index (χ0n) is 12.7. The van der Waals surface area contributed by atoms with Crippen LogP contribution in [0.5, 0.6) is 5.75 Å². The van der Waals surface area contributed by atoms with Gasteiger partial charge in [-0.1, -0.05) is 23.2 Å². The monoisotopic (exact) mass is 354 g/mol. The number of carbonyl (C=O) groups is 1. The fourth-order valence-corrected chi connectivity index (χ4v) is 2.14. The van der Waals surface area contributed by atoms with Crippen LogP contribution in [0.2, 0.25) is 10.0 Å². The number of hydrogen-bond donors (Lipinski definition) is 1. The summed E-state index contributed by atoms with van der Waals surface area (Å²) in [5, 5.41) is 3.59. The number of carbonyl (C=O) groups excluding carboxylic acids is 1. The van der Waals surface area contributed by atoms with Crippen LogP contribution >= 0.6 is 23.2 Å². The van der Waals surface area contributed by atoms with Crippen molar-refractivity contribution in [2.24, 2.45) is 0 Å². The van der Waals surface area contributed by atoms with Crippen molar-refractivity contribution in [1.29, 1.82) is 0 Å². The van der Waals surface area contributed by atoms with Crippen LogP contribution in [-0.4, -0.2) is 36.6 Å². The van der Waals surface area contributed by atoms with Gasteiger partial charge < -0.3 is 15.0 Å². The molecule has 1 amide bonds. The summed E-state index contributed by atoms with van der Waals surface area (Å²) in [5.41, 5.74) is 0.710. The number of hydrogen-bond acceptors (Lipinski definition) is 5. The predicted molar refractivity (Wildman–Crippen MR) is 90.2 cm³/mol. The van der Waals surface area contributed by atoms with Crippen LogP contribution < -0.4 is 15.0 Å². The molecule has 0 atom stereocenters. The topological polar surface area (TPSA) is 67.4 Å². The minimum Gasteiger partial charge on any atom is -0.482 e. The number of aromatic nitrogens is 2. The lowest BCUT2D eigenvalue weighted by Crippen LogP contribution is -2.29. The minimum atomic E-state index is -0.277. The molecule has 0 fully saturated rings. The molecule has 0 saturated heterocycles. The molecule has 0 aliphatic rings. The first-order valence-electron chi connectivity index (χ1n) is 6.79. The fraction of sp³-hybridized carbons (Fsp3) is 0.267. The summed E-state index contributed by atoms with van der Waals surface area (Å²) in [7, 11) is 3.70. The number of nitrogens with zero attached hydrogens (tertiary/aromatic N) is 3. The van der Waals surface area contributed by atoms with Gasteiger partial charge in [-0.25, -0.2) is 9.97 Å². The molecule has 23 heavy (non-hydrogen) atoms. The molecule has 122 valence electrons. The molecular weight excluding hydrogens is 339 g/mol. The summed E-state index contributed by atoms with van der Waals surface area (Å²) in [6.07, 6.45) is 1.65. The van der Waals surface area contributed by atoms with Crippen molar-refractivity contribution in [2.75, 3.05) is 25.6 Å². The third kappa shape index (κ3) is 5.26.